The summed E-state index contributed by atoms with van der Waals surface area (Å²) in [5, 5.41) is 0. The first-order valence-corrected chi connectivity index (χ1v) is 7.16. The minimum Gasteiger partial charge on any atom is -0.328 e. The van der Waals surface area contributed by atoms with Crippen molar-refractivity contribution in [3.8, 4) is 0 Å². The molecule has 0 spiro atoms. The monoisotopic (exact) mass is 246 g/mol. The number of nitrogens with two attached hydrogens (primary N) is 1. The second-order valence-corrected chi connectivity index (χ2v) is 7.84. The van der Waals surface area contributed by atoms with Crippen molar-refractivity contribution in [1.29, 1.82) is 0 Å². The van der Waals surface area contributed by atoms with Crippen LogP contribution in [0.3, 0.4) is 0 Å². The summed E-state index contributed by atoms with van der Waals surface area (Å²) in [4.78, 5) is 0. The first kappa shape index (κ1) is 13.5. The summed E-state index contributed by atoms with van der Waals surface area (Å²) in [5.74, 6) is 0. The van der Waals surface area contributed by atoms with Crippen LogP contribution in [-0.2, 0) is 10.0 Å². The summed E-state index contributed by atoms with van der Waals surface area (Å²) in [6.07, 6.45) is 5.33. The Morgan fingerprint density at radius 1 is 1.31 bits per heavy atom. The van der Waals surface area contributed by atoms with E-state index in [0.717, 1.165) is 31.3 Å². The number of sulfonamides is 1. The van der Waals surface area contributed by atoms with Crippen LogP contribution in [0.4, 0.5) is 0 Å². The molecule has 0 unspecified atom stereocenters. The summed E-state index contributed by atoms with van der Waals surface area (Å²) in [7, 11) is -3.27. The Hall–Kier alpha value is -0.550. The number of allylic oxidation sites excluding steroid dienone is 1. The molecule has 1 saturated carbocycles. The van der Waals surface area contributed by atoms with E-state index in [4.69, 9.17) is 5.73 Å². The molecule has 1 aliphatic carbocycles. The Kier molecular flexibility index (Phi) is 4.02. The van der Waals surface area contributed by atoms with Gasteiger partial charge in [-0.3, -0.25) is 4.72 Å². The Balaban J connectivity index is 2.61. The van der Waals surface area contributed by atoms with Gasteiger partial charge in [-0.15, -0.1) is 0 Å². The maximum Gasteiger partial charge on any atom is 0.237 e. The molecule has 1 rings (SSSR count). The van der Waals surface area contributed by atoms with Gasteiger partial charge in [0.05, 0.1) is 4.75 Å². The van der Waals surface area contributed by atoms with Gasteiger partial charge >= 0.3 is 0 Å². The molecule has 0 aliphatic heterocycles. The van der Waals surface area contributed by atoms with Crippen LogP contribution in [0, 0.1) is 0 Å². The van der Waals surface area contributed by atoms with Crippen molar-refractivity contribution in [2.24, 2.45) is 5.73 Å². The zero-order valence-corrected chi connectivity index (χ0v) is 11.1. The van der Waals surface area contributed by atoms with Gasteiger partial charge in [-0.25, -0.2) is 8.42 Å². The second-order valence-electron chi connectivity index (χ2n) is 5.37. The molecule has 0 radical (unpaired) electrons. The third-order valence-corrected chi connectivity index (χ3v) is 4.94. The van der Waals surface area contributed by atoms with Crippen molar-refractivity contribution in [3.63, 3.8) is 0 Å². The van der Waals surface area contributed by atoms with Crippen LogP contribution in [-0.4, -0.2) is 19.2 Å². The number of hydrogen-bond donors (Lipinski definition) is 2. The van der Waals surface area contributed by atoms with Gasteiger partial charge in [0.1, 0.15) is 0 Å². The van der Waals surface area contributed by atoms with Crippen LogP contribution in [0.25, 0.3) is 0 Å². The Bertz CT molecular complexity index is 356. The molecular formula is C11H22N2O2S. The van der Waals surface area contributed by atoms with Gasteiger partial charge in [-0.1, -0.05) is 5.57 Å². The predicted octanol–water partition coefficient (Wildman–Crippen LogP) is 1.49. The highest BCUT2D eigenvalue weighted by atomic mass is 32.2. The first-order valence-electron chi connectivity index (χ1n) is 5.68. The average molecular weight is 246 g/mol. The van der Waals surface area contributed by atoms with Gasteiger partial charge in [0.25, 0.3) is 0 Å². The molecule has 0 aromatic heterocycles. The zero-order valence-electron chi connectivity index (χ0n) is 10.3. The predicted molar refractivity (Wildman–Crippen MR) is 66.3 cm³/mol. The Morgan fingerprint density at radius 3 is 2.25 bits per heavy atom. The maximum atomic E-state index is 11.8. The smallest absolute Gasteiger partial charge is 0.237 e. The standard InChI is InChI=1S/C11H22N2O2S/c1-11(2,3)16(14,15)13-8-9-4-6-10(12)7-5-9/h8,10,13H,4-7,12H2,1-3H3. The highest BCUT2D eigenvalue weighted by molar-refractivity contribution is 7.90. The third kappa shape index (κ3) is 3.49. The fourth-order valence-electron chi connectivity index (χ4n) is 1.49. The number of rotatable bonds is 2. The minimum atomic E-state index is -3.27. The summed E-state index contributed by atoms with van der Waals surface area (Å²) in [6, 6.07) is 0.274. The van der Waals surface area contributed by atoms with Crippen LogP contribution in [0.2, 0.25) is 0 Å². The molecule has 4 nitrogen and oxygen atoms in total. The van der Waals surface area contributed by atoms with Crippen LogP contribution in [0.1, 0.15) is 46.5 Å². The van der Waals surface area contributed by atoms with Gasteiger partial charge in [0.2, 0.25) is 10.0 Å². The molecule has 1 fully saturated rings. The Morgan fingerprint density at radius 2 is 1.81 bits per heavy atom. The van der Waals surface area contributed by atoms with Gasteiger partial charge in [-0.2, -0.15) is 0 Å². The first-order chi connectivity index (χ1) is 7.22. The zero-order chi connectivity index (χ0) is 12.4. The van der Waals surface area contributed by atoms with Crippen LogP contribution < -0.4 is 10.5 Å². The van der Waals surface area contributed by atoms with Crippen molar-refractivity contribution in [2.75, 3.05) is 0 Å². The largest absolute Gasteiger partial charge is 0.328 e. The van der Waals surface area contributed by atoms with Crippen LogP contribution >= 0.6 is 0 Å². The summed E-state index contributed by atoms with van der Waals surface area (Å²) in [6.45, 7) is 5.06. The van der Waals surface area contributed by atoms with E-state index in [0.29, 0.717) is 0 Å². The second kappa shape index (κ2) is 4.75. The van der Waals surface area contributed by atoms with Crippen LogP contribution in [0.15, 0.2) is 11.8 Å². The topological polar surface area (TPSA) is 72.2 Å². The third-order valence-electron chi connectivity index (χ3n) is 2.90. The molecule has 0 bridgehead atoms. The van der Waals surface area contributed by atoms with E-state index >= 15 is 0 Å². The minimum absolute atomic E-state index is 0.274. The molecule has 5 heteroatoms. The maximum absolute atomic E-state index is 11.8. The van der Waals surface area contributed by atoms with Gasteiger partial charge in [-0.05, 0) is 46.5 Å². The van der Waals surface area contributed by atoms with Gasteiger partial charge < -0.3 is 5.73 Å². The van der Waals surface area contributed by atoms with Gasteiger partial charge in [0.15, 0.2) is 0 Å². The molecule has 0 saturated heterocycles. The van der Waals surface area contributed by atoms with E-state index in [-0.39, 0.29) is 6.04 Å². The lowest BCUT2D eigenvalue weighted by Crippen LogP contribution is -2.37. The fraction of sp³-hybridized carbons (Fsp3) is 0.818. The lowest BCUT2D eigenvalue weighted by atomic mass is 9.92. The fourth-order valence-corrected chi connectivity index (χ4v) is 2.17. The quantitative estimate of drug-likeness (QED) is 0.775. The number of nitrogens with one attached hydrogen (secondary N) is 1. The Labute approximate surface area is 98.3 Å². The molecule has 0 aromatic rings. The van der Waals surface area contributed by atoms with E-state index in [2.05, 4.69) is 4.72 Å². The molecule has 0 atom stereocenters. The molecule has 0 heterocycles. The van der Waals surface area contributed by atoms with E-state index in [9.17, 15) is 8.42 Å². The highest BCUT2D eigenvalue weighted by Gasteiger charge is 2.28. The highest BCUT2D eigenvalue weighted by Crippen LogP contribution is 2.22. The average Bonchev–Trinajstić information content (AvgIpc) is 2.15. The SMILES string of the molecule is CC(C)(C)S(=O)(=O)NC=C1CCC(N)CC1. The lowest BCUT2D eigenvalue weighted by Gasteiger charge is -2.22. The molecule has 3 N–H and O–H groups in total. The van der Waals surface area contributed by atoms with Crippen molar-refractivity contribution < 1.29 is 8.42 Å². The van der Waals surface area contributed by atoms with Crippen LogP contribution in [0.5, 0.6) is 0 Å². The molecule has 0 aromatic carbocycles. The molecular weight excluding hydrogens is 224 g/mol. The molecule has 94 valence electrons. The van der Waals surface area contributed by atoms with E-state index in [1.165, 1.54) is 0 Å². The van der Waals surface area contributed by atoms with Crippen molar-refractivity contribution in [2.45, 2.75) is 57.2 Å². The van der Waals surface area contributed by atoms with E-state index in [1.54, 1.807) is 27.0 Å². The van der Waals surface area contributed by atoms with Crippen molar-refractivity contribution in [1.82, 2.24) is 4.72 Å². The summed E-state index contributed by atoms with van der Waals surface area (Å²) < 4.78 is 25.3. The van der Waals surface area contributed by atoms with Crippen molar-refractivity contribution >= 4 is 10.0 Å². The summed E-state index contributed by atoms with van der Waals surface area (Å²) in [5.41, 5.74) is 6.93. The summed E-state index contributed by atoms with van der Waals surface area (Å²) >= 11 is 0. The molecule has 1 aliphatic rings. The lowest BCUT2D eigenvalue weighted by molar-refractivity contribution is 0.509. The van der Waals surface area contributed by atoms with E-state index in [1.807, 2.05) is 0 Å². The normalized spacial score (nSPS) is 23.0. The van der Waals surface area contributed by atoms with E-state index < -0.39 is 14.8 Å². The number of hydrogen-bond acceptors (Lipinski definition) is 3. The molecule has 0 amide bonds. The van der Waals surface area contributed by atoms with Gasteiger partial charge in [0, 0.05) is 12.2 Å². The van der Waals surface area contributed by atoms with Crippen molar-refractivity contribution in [3.05, 3.63) is 11.8 Å². The molecule has 16 heavy (non-hydrogen) atoms.